The predicted octanol–water partition coefficient (Wildman–Crippen LogP) is 3.32. The van der Waals surface area contributed by atoms with E-state index < -0.39 is 0 Å². The number of imidazole rings is 1. The fourth-order valence-electron chi connectivity index (χ4n) is 1.82. The van der Waals surface area contributed by atoms with E-state index in [1.807, 2.05) is 6.07 Å². The maximum Gasteiger partial charge on any atom is 0.115 e. The Morgan fingerprint density at radius 2 is 1.69 bits per heavy atom. The molecule has 2 nitrogen and oxygen atoms in total. The van der Waals surface area contributed by atoms with Crippen molar-refractivity contribution in [2.24, 2.45) is 7.05 Å². The number of rotatable bonds is 0. The molecular weight excluding hydrogens is 275 g/mol. The van der Waals surface area contributed by atoms with E-state index in [1.54, 1.807) is 0 Å². The van der Waals surface area contributed by atoms with Crippen molar-refractivity contribution in [3.05, 3.63) is 37.5 Å². The number of hydrogen-bond acceptors (Lipinski definition) is 1. The molecule has 0 saturated heterocycles. The molecule has 0 N–H and O–H groups in total. The maximum atomic E-state index is 4.65. The van der Waals surface area contributed by atoms with Gasteiger partial charge >= 0.3 is 0 Å². The number of aromatic nitrogens is 2. The third kappa shape index (κ3) is 2.63. The molecule has 2 rings (SSSR count). The molecule has 2 aromatic rings. The quantitative estimate of drug-likeness (QED) is 0.682. The van der Waals surface area contributed by atoms with Gasteiger partial charge in [0.15, 0.2) is 0 Å². The van der Waals surface area contributed by atoms with Crippen LogP contribution in [0, 0.1) is 7.43 Å². The summed E-state index contributed by atoms with van der Waals surface area (Å²) >= 11 is 0. The van der Waals surface area contributed by atoms with Crippen LogP contribution in [0.25, 0.3) is 11.0 Å². The largest absolute Gasteiger partial charge is 0.358 e. The zero-order valence-corrected chi connectivity index (χ0v) is 13.2. The Hall–Kier alpha value is -0.427. The fraction of sp³-hybridized carbons (Fsp3) is 0.385. The van der Waals surface area contributed by atoms with Crippen LogP contribution in [0.2, 0.25) is 0 Å². The molecule has 16 heavy (non-hydrogen) atoms. The second-order valence-electron chi connectivity index (χ2n) is 4.73. The molecule has 1 aromatic heterocycles. The monoisotopic (exact) mass is 293 g/mol. The van der Waals surface area contributed by atoms with E-state index in [0.717, 1.165) is 11.3 Å². The zero-order chi connectivity index (χ0) is 10.3. The molecule has 0 amide bonds. The Bertz CT molecular complexity index is 466. The van der Waals surface area contributed by atoms with E-state index in [4.69, 9.17) is 0 Å². The molecule has 0 radical (unpaired) electrons. The SMILES string of the molecule is Cn1c(C(C)(C)C)nc2ccccc21.[CH3-].[Zr]. The van der Waals surface area contributed by atoms with Crippen molar-refractivity contribution in [2.75, 3.05) is 0 Å². The Morgan fingerprint density at radius 1 is 1.12 bits per heavy atom. The van der Waals surface area contributed by atoms with Gasteiger partial charge in [0.1, 0.15) is 5.82 Å². The molecule has 1 aromatic carbocycles. The van der Waals surface area contributed by atoms with Gasteiger partial charge in [-0.15, -0.1) is 0 Å². The van der Waals surface area contributed by atoms with Gasteiger partial charge in [0.25, 0.3) is 0 Å². The van der Waals surface area contributed by atoms with Crippen LogP contribution in [-0.2, 0) is 38.7 Å². The smallest absolute Gasteiger partial charge is 0.115 e. The van der Waals surface area contributed by atoms with Crippen molar-refractivity contribution in [3.63, 3.8) is 0 Å². The predicted molar refractivity (Wildman–Crippen MR) is 65.8 cm³/mol. The number of nitrogens with zero attached hydrogens (tertiary/aromatic N) is 2. The molecule has 86 valence electrons. The summed E-state index contributed by atoms with van der Waals surface area (Å²) in [5.74, 6) is 1.14. The Labute approximate surface area is 117 Å². The first kappa shape index (κ1) is 15.6. The molecule has 0 spiro atoms. The van der Waals surface area contributed by atoms with Gasteiger partial charge in [-0.05, 0) is 12.1 Å². The topological polar surface area (TPSA) is 17.8 Å². The zero-order valence-electron chi connectivity index (χ0n) is 10.7. The first-order valence-corrected chi connectivity index (χ1v) is 4.92. The summed E-state index contributed by atoms with van der Waals surface area (Å²) in [6.45, 7) is 6.57. The number of fused-ring (bicyclic) bond motifs is 1. The van der Waals surface area contributed by atoms with Crippen molar-refractivity contribution < 1.29 is 26.2 Å². The summed E-state index contributed by atoms with van der Waals surface area (Å²) in [4.78, 5) is 4.65. The van der Waals surface area contributed by atoms with Crippen LogP contribution >= 0.6 is 0 Å². The number of benzene rings is 1. The molecule has 0 unspecified atom stereocenters. The van der Waals surface area contributed by atoms with Crippen molar-refractivity contribution in [1.29, 1.82) is 0 Å². The normalized spacial score (nSPS) is 10.8. The van der Waals surface area contributed by atoms with Crippen molar-refractivity contribution in [3.8, 4) is 0 Å². The van der Waals surface area contributed by atoms with Gasteiger partial charge in [0.2, 0.25) is 0 Å². The fourth-order valence-corrected chi connectivity index (χ4v) is 1.82. The van der Waals surface area contributed by atoms with Crippen LogP contribution < -0.4 is 0 Å². The Balaban J connectivity index is 0.00000112. The summed E-state index contributed by atoms with van der Waals surface area (Å²) in [5.41, 5.74) is 2.39. The van der Waals surface area contributed by atoms with E-state index in [0.29, 0.717) is 0 Å². The van der Waals surface area contributed by atoms with E-state index in [-0.39, 0.29) is 39.0 Å². The van der Waals surface area contributed by atoms with E-state index in [2.05, 4.69) is 55.6 Å². The molecular formula is C13H19N2Zr-. The van der Waals surface area contributed by atoms with Gasteiger partial charge in [0.05, 0.1) is 11.0 Å². The van der Waals surface area contributed by atoms with E-state index in [1.165, 1.54) is 5.52 Å². The first-order valence-electron chi connectivity index (χ1n) is 4.92. The van der Waals surface area contributed by atoms with Gasteiger partial charge in [0, 0.05) is 38.7 Å². The van der Waals surface area contributed by atoms with Gasteiger partial charge in [-0.3, -0.25) is 0 Å². The maximum absolute atomic E-state index is 4.65. The number of para-hydroxylation sites is 2. The van der Waals surface area contributed by atoms with Crippen molar-refractivity contribution in [1.82, 2.24) is 9.55 Å². The summed E-state index contributed by atoms with van der Waals surface area (Å²) in [6.07, 6.45) is 0. The number of hydrogen-bond donors (Lipinski definition) is 0. The van der Waals surface area contributed by atoms with Gasteiger partial charge in [-0.25, -0.2) is 4.98 Å². The average molecular weight is 295 g/mol. The third-order valence-electron chi connectivity index (χ3n) is 2.46. The second kappa shape index (κ2) is 5.27. The van der Waals surface area contributed by atoms with Crippen LogP contribution in [-0.4, -0.2) is 9.55 Å². The van der Waals surface area contributed by atoms with E-state index >= 15 is 0 Å². The van der Waals surface area contributed by atoms with E-state index in [9.17, 15) is 0 Å². The molecule has 0 aliphatic carbocycles. The summed E-state index contributed by atoms with van der Waals surface area (Å²) < 4.78 is 2.18. The second-order valence-corrected chi connectivity index (χ2v) is 4.73. The molecule has 0 fully saturated rings. The molecule has 3 heteroatoms. The third-order valence-corrected chi connectivity index (χ3v) is 2.46. The minimum atomic E-state index is 0. The number of aryl methyl sites for hydroxylation is 1. The Kier molecular flexibility index (Phi) is 5.13. The Morgan fingerprint density at radius 3 is 2.19 bits per heavy atom. The molecule has 0 atom stereocenters. The van der Waals surface area contributed by atoms with Crippen molar-refractivity contribution >= 4 is 11.0 Å². The molecule has 0 bridgehead atoms. The molecule has 1 heterocycles. The van der Waals surface area contributed by atoms with Crippen LogP contribution in [0.15, 0.2) is 24.3 Å². The standard InChI is InChI=1S/C12H16N2.CH3.Zr/c1-12(2,3)11-13-9-7-5-6-8-10(9)14(11)4;;/h5-8H,1-4H3;1H3;/q;-1;. The summed E-state index contributed by atoms with van der Waals surface area (Å²) in [5, 5.41) is 0. The first-order chi connectivity index (χ1) is 6.50. The minimum absolute atomic E-state index is 0. The minimum Gasteiger partial charge on any atom is -0.358 e. The van der Waals surface area contributed by atoms with Gasteiger partial charge < -0.3 is 12.0 Å². The summed E-state index contributed by atoms with van der Waals surface area (Å²) in [6, 6.07) is 8.25. The van der Waals surface area contributed by atoms with Gasteiger partial charge in [-0.1, -0.05) is 32.9 Å². The average Bonchev–Trinajstić information content (AvgIpc) is 2.44. The van der Waals surface area contributed by atoms with Crippen LogP contribution in [0.5, 0.6) is 0 Å². The molecule has 0 aliphatic heterocycles. The molecule has 0 aliphatic rings. The van der Waals surface area contributed by atoms with Crippen LogP contribution in [0.3, 0.4) is 0 Å². The van der Waals surface area contributed by atoms with Crippen LogP contribution in [0.1, 0.15) is 26.6 Å². The molecule has 0 saturated carbocycles. The summed E-state index contributed by atoms with van der Waals surface area (Å²) in [7, 11) is 2.08. The van der Waals surface area contributed by atoms with Gasteiger partial charge in [-0.2, -0.15) is 0 Å². The van der Waals surface area contributed by atoms with Crippen LogP contribution in [0.4, 0.5) is 0 Å². The van der Waals surface area contributed by atoms with Crippen molar-refractivity contribution in [2.45, 2.75) is 26.2 Å².